The molecule has 0 aliphatic carbocycles. The van der Waals surface area contributed by atoms with E-state index in [1.807, 2.05) is 26.0 Å². The molecule has 1 aliphatic rings. The van der Waals surface area contributed by atoms with Gasteiger partial charge in [0.25, 0.3) is 0 Å². The summed E-state index contributed by atoms with van der Waals surface area (Å²) in [5, 5.41) is 0. The maximum absolute atomic E-state index is 12.1. The lowest BCUT2D eigenvalue weighted by Gasteiger charge is -2.47. The van der Waals surface area contributed by atoms with Crippen molar-refractivity contribution in [3.8, 4) is 0 Å². The summed E-state index contributed by atoms with van der Waals surface area (Å²) in [7, 11) is 1.44. The van der Waals surface area contributed by atoms with E-state index in [1.54, 1.807) is 12.4 Å². The molecule has 1 fully saturated rings. The highest BCUT2D eigenvalue weighted by molar-refractivity contribution is 5.75. The molecule has 1 saturated heterocycles. The fourth-order valence-electron chi connectivity index (χ4n) is 2.79. The van der Waals surface area contributed by atoms with Crippen molar-refractivity contribution in [3.63, 3.8) is 0 Å². The van der Waals surface area contributed by atoms with Gasteiger partial charge in [0.2, 0.25) is 0 Å². The van der Waals surface area contributed by atoms with Gasteiger partial charge in [0.05, 0.1) is 31.7 Å². The molecule has 0 saturated carbocycles. The van der Waals surface area contributed by atoms with Crippen LogP contribution in [0.3, 0.4) is 0 Å². The van der Waals surface area contributed by atoms with E-state index in [4.69, 9.17) is 9.47 Å². The highest BCUT2D eigenvalue weighted by atomic mass is 16.5. The second-order valence-corrected chi connectivity index (χ2v) is 5.13. The number of ether oxygens (including phenoxy) is 2. The Hall–Kier alpha value is -1.42. The average molecular weight is 249 g/mol. The molecule has 1 atom stereocenters. The Bertz CT molecular complexity index is 412. The Kier molecular flexibility index (Phi) is 3.66. The van der Waals surface area contributed by atoms with Crippen LogP contribution in [0.15, 0.2) is 24.5 Å². The smallest absolute Gasteiger partial charge is 0.310 e. The molecule has 0 bridgehead atoms. The predicted molar refractivity (Wildman–Crippen MR) is 67.1 cm³/mol. The lowest BCUT2D eigenvalue weighted by molar-refractivity contribution is -0.164. The standard InChI is InChI=1S/C14H19NO3/c1-10(2)12(13(16)17-3)14(8-18-9-14)11-4-6-15-7-5-11/h4-7,10,12H,8-9H2,1-3H3. The third-order valence-electron chi connectivity index (χ3n) is 3.69. The van der Waals surface area contributed by atoms with Crippen LogP contribution in [0.4, 0.5) is 0 Å². The van der Waals surface area contributed by atoms with Gasteiger partial charge >= 0.3 is 5.97 Å². The highest BCUT2D eigenvalue weighted by Crippen LogP contribution is 2.43. The molecule has 98 valence electrons. The number of carbonyl (C=O) groups is 1. The summed E-state index contributed by atoms with van der Waals surface area (Å²) in [6.45, 7) is 5.22. The van der Waals surface area contributed by atoms with Crippen molar-refractivity contribution in [2.75, 3.05) is 20.3 Å². The summed E-state index contributed by atoms with van der Waals surface area (Å²) < 4.78 is 10.4. The lowest BCUT2D eigenvalue weighted by atomic mass is 9.65. The summed E-state index contributed by atoms with van der Waals surface area (Å²) >= 11 is 0. The van der Waals surface area contributed by atoms with Crippen molar-refractivity contribution in [2.45, 2.75) is 19.3 Å². The first kappa shape index (κ1) is 13.0. The van der Waals surface area contributed by atoms with Gasteiger partial charge in [0.15, 0.2) is 0 Å². The van der Waals surface area contributed by atoms with Gasteiger partial charge in [-0.25, -0.2) is 0 Å². The molecule has 1 aliphatic heterocycles. The number of aromatic nitrogens is 1. The molecule has 4 nitrogen and oxygen atoms in total. The maximum atomic E-state index is 12.1. The molecule has 0 amide bonds. The zero-order valence-corrected chi connectivity index (χ0v) is 11.1. The van der Waals surface area contributed by atoms with Crippen molar-refractivity contribution in [3.05, 3.63) is 30.1 Å². The van der Waals surface area contributed by atoms with E-state index in [-0.39, 0.29) is 23.2 Å². The Balaban J connectivity index is 2.39. The van der Waals surface area contributed by atoms with Crippen LogP contribution in [0.1, 0.15) is 19.4 Å². The fourth-order valence-corrected chi connectivity index (χ4v) is 2.79. The fraction of sp³-hybridized carbons (Fsp3) is 0.571. The zero-order chi connectivity index (χ0) is 13.2. The molecule has 0 spiro atoms. The minimum atomic E-state index is -0.260. The number of esters is 1. The van der Waals surface area contributed by atoms with E-state index in [2.05, 4.69) is 4.98 Å². The van der Waals surface area contributed by atoms with E-state index in [1.165, 1.54) is 7.11 Å². The third kappa shape index (κ3) is 2.01. The number of methoxy groups -OCH3 is 1. The Labute approximate surface area is 107 Å². The van der Waals surface area contributed by atoms with E-state index < -0.39 is 0 Å². The average Bonchev–Trinajstić information content (AvgIpc) is 2.33. The van der Waals surface area contributed by atoms with Crippen LogP contribution >= 0.6 is 0 Å². The van der Waals surface area contributed by atoms with Crippen molar-refractivity contribution >= 4 is 5.97 Å². The van der Waals surface area contributed by atoms with Gasteiger partial charge in [-0.3, -0.25) is 9.78 Å². The summed E-state index contributed by atoms with van der Waals surface area (Å²) in [5.74, 6) is -0.140. The first-order valence-corrected chi connectivity index (χ1v) is 6.18. The van der Waals surface area contributed by atoms with Crippen LogP contribution in [-0.4, -0.2) is 31.3 Å². The van der Waals surface area contributed by atoms with Gasteiger partial charge in [0, 0.05) is 12.4 Å². The van der Waals surface area contributed by atoms with Crippen LogP contribution in [0, 0.1) is 11.8 Å². The van der Waals surface area contributed by atoms with Crippen molar-refractivity contribution in [1.29, 1.82) is 0 Å². The molecular weight excluding hydrogens is 230 g/mol. The number of pyridine rings is 1. The topological polar surface area (TPSA) is 48.4 Å². The van der Waals surface area contributed by atoms with Crippen LogP contribution < -0.4 is 0 Å². The number of nitrogens with zero attached hydrogens (tertiary/aromatic N) is 1. The van der Waals surface area contributed by atoms with E-state index in [9.17, 15) is 4.79 Å². The molecular formula is C14H19NO3. The molecule has 0 radical (unpaired) electrons. The van der Waals surface area contributed by atoms with Gasteiger partial charge in [-0.05, 0) is 23.6 Å². The Morgan fingerprint density at radius 1 is 1.39 bits per heavy atom. The van der Waals surface area contributed by atoms with Gasteiger partial charge in [0.1, 0.15) is 0 Å². The van der Waals surface area contributed by atoms with Crippen molar-refractivity contribution < 1.29 is 14.3 Å². The van der Waals surface area contributed by atoms with Gasteiger partial charge in [-0.2, -0.15) is 0 Å². The minimum Gasteiger partial charge on any atom is -0.469 e. The van der Waals surface area contributed by atoms with E-state index in [0.717, 1.165) is 5.56 Å². The Morgan fingerprint density at radius 2 is 2.00 bits per heavy atom. The van der Waals surface area contributed by atoms with Crippen molar-refractivity contribution in [1.82, 2.24) is 4.98 Å². The monoisotopic (exact) mass is 249 g/mol. The molecule has 1 unspecified atom stereocenters. The second kappa shape index (κ2) is 5.06. The summed E-state index contributed by atoms with van der Waals surface area (Å²) in [6, 6.07) is 3.92. The van der Waals surface area contributed by atoms with Gasteiger partial charge in [-0.15, -0.1) is 0 Å². The molecule has 4 heteroatoms. The molecule has 0 aromatic carbocycles. The number of carbonyl (C=O) groups excluding carboxylic acids is 1. The summed E-state index contributed by atoms with van der Waals surface area (Å²) in [6.07, 6.45) is 3.51. The molecule has 1 aromatic rings. The number of hydrogen-bond donors (Lipinski definition) is 0. The van der Waals surface area contributed by atoms with Crippen LogP contribution in [0.2, 0.25) is 0 Å². The quantitative estimate of drug-likeness (QED) is 0.763. The van der Waals surface area contributed by atoms with Crippen LogP contribution in [0.25, 0.3) is 0 Å². The molecule has 2 heterocycles. The van der Waals surface area contributed by atoms with Gasteiger partial charge in [-0.1, -0.05) is 13.8 Å². The molecule has 2 rings (SSSR count). The normalized spacial score (nSPS) is 19.1. The highest BCUT2D eigenvalue weighted by Gasteiger charge is 2.52. The maximum Gasteiger partial charge on any atom is 0.310 e. The van der Waals surface area contributed by atoms with Gasteiger partial charge < -0.3 is 9.47 Å². The third-order valence-corrected chi connectivity index (χ3v) is 3.69. The lowest BCUT2D eigenvalue weighted by Crippen LogP contribution is -2.56. The number of hydrogen-bond acceptors (Lipinski definition) is 4. The van der Waals surface area contributed by atoms with E-state index in [0.29, 0.717) is 13.2 Å². The van der Waals surface area contributed by atoms with E-state index >= 15 is 0 Å². The summed E-state index contributed by atoms with van der Waals surface area (Å²) in [4.78, 5) is 16.1. The molecule has 0 N–H and O–H groups in total. The summed E-state index contributed by atoms with van der Waals surface area (Å²) in [5.41, 5.74) is 0.845. The first-order valence-electron chi connectivity index (χ1n) is 6.18. The first-order chi connectivity index (χ1) is 8.62. The molecule has 1 aromatic heterocycles. The predicted octanol–water partition coefficient (Wildman–Crippen LogP) is 1.79. The van der Waals surface area contributed by atoms with Crippen LogP contribution in [-0.2, 0) is 19.7 Å². The number of rotatable bonds is 4. The molecule has 18 heavy (non-hydrogen) atoms. The largest absolute Gasteiger partial charge is 0.469 e. The SMILES string of the molecule is COC(=O)C(C(C)C)C1(c2ccncc2)COC1. The zero-order valence-electron chi connectivity index (χ0n) is 11.1. The Morgan fingerprint density at radius 3 is 2.39 bits per heavy atom. The van der Waals surface area contributed by atoms with Crippen LogP contribution in [0.5, 0.6) is 0 Å². The van der Waals surface area contributed by atoms with Crippen molar-refractivity contribution in [2.24, 2.45) is 11.8 Å². The second-order valence-electron chi connectivity index (χ2n) is 5.13. The minimum absolute atomic E-state index is 0.162.